The van der Waals surface area contributed by atoms with Crippen LogP contribution >= 0.6 is 0 Å². The van der Waals surface area contributed by atoms with E-state index >= 15 is 0 Å². The number of rotatable bonds is 12. The number of epoxide rings is 1. The molecule has 1 saturated heterocycles. The SMILES string of the molecule is O=C(Oc1ccccc1)[C@@H]1O[C@@H]1c1ccccc1CCCCCCCCc1ccccc1. The number of hydrogen-bond donors (Lipinski definition) is 0. The van der Waals surface area contributed by atoms with Crippen molar-refractivity contribution >= 4 is 5.97 Å². The Labute approximate surface area is 191 Å². The molecule has 32 heavy (non-hydrogen) atoms. The molecule has 166 valence electrons. The van der Waals surface area contributed by atoms with Crippen LogP contribution in [0.1, 0.15) is 61.3 Å². The summed E-state index contributed by atoms with van der Waals surface area (Å²) in [7, 11) is 0. The molecule has 0 N–H and O–H groups in total. The molecule has 0 aromatic heterocycles. The van der Waals surface area contributed by atoms with Gasteiger partial charge in [-0.25, -0.2) is 4.79 Å². The fourth-order valence-electron chi connectivity index (χ4n) is 4.23. The molecule has 0 amide bonds. The van der Waals surface area contributed by atoms with E-state index < -0.39 is 6.10 Å². The van der Waals surface area contributed by atoms with Gasteiger partial charge in [0.05, 0.1) is 0 Å². The summed E-state index contributed by atoms with van der Waals surface area (Å²) in [4.78, 5) is 12.4. The number of ether oxygens (including phenoxy) is 2. The maximum Gasteiger partial charge on any atom is 0.343 e. The molecular weight excluding hydrogens is 396 g/mol. The second-order valence-corrected chi connectivity index (χ2v) is 8.52. The largest absolute Gasteiger partial charge is 0.425 e. The highest BCUT2D eigenvalue weighted by atomic mass is 16.6. The normalized spacial score (nSPS) is 17.1. The highest BCUT2D eigenvalue weighted by Crippen LogP contribution is 2.41. The van der Waals surface area contributed by atoms with E-state index in [0.29, 0.717) is 5.75 Å². The molecule has 1 heterocycles. The number of para-hydroxylation sites is 1. The van der Waals surface area contributed by atoms with Crippen molar-refractivity contribution in [3.8, 4) is 5.75 Å². The van der Waals surface area contributed by atoms with Crippen molar-refractivity contribution in [2.45, 2.75) is 63.6 Å². The minimum absolute atomic E-state index is 0.180. The first-order valence-corrected chi connectivity index (χ1v) is 11.9. The monoisotopic (exact) mass is 428 g/mol. The molecule has 3 aromatic rings. The van der Waals surface area contributed by atoms with Crippen molar-refractivity contribution < 1.29 is 14.3 Å². The fraction of sp³-hybridized carbons (Fsp3) is 0.345. The maximum absolute atomic E-state index is 12.4. The molecular formula is C29H32O3. The van der Waals surface area contributed by atoms with Gasteiger partial charge in [0.25, 0.3) is 0 Å². The van der Waals surface area contributed by atoms with Crippen LogP contribution in [0.3, 0.4) is 0 Å². The Morgan fingerprint density at radius 2 is 1.28 bits per heavy atom. The number of aryl methyl sites for hydroxylation is 2. The van der Waals surface area contributed by atoms with Gasteiger partial charge >= 0.3 is 5.97 Å². The van der Waals surface area contributed by atoms with Gasteiger partial charge in [-0.3, -0.25) is 0 Å². The van der Waals surface area contributed by atoms with Crippen LogP contribution in [-0.2, 0) is 22.4 Å². The molecule has 0 unspecified atom stereocenters. The lowest BCUT2D eigenvalue weighted by Crippen LogP contribution is -2.15. The average Bonchev–Trinajstić information content (AvgIpc) is 3.63. The second kappa shape index (κ2) is 11.6. The smallest absolute Gasteiger partial charge is 0.343 e. The van der Waals surface area contributed by atoms with Crippen LogP contribution in [0, 0.1) is 0 Å². The summed E-state index contributed by atoms with van der Waals surface area (Å²) in [6.45, 7) is 0. The first kappa shape index (κ1) is 22.3. The zero-order chi connectivity index (χ0) is 22.0. The Morgan fingerprint density at radius 1 is 0.688 bits per heavy atom. The lowest BCUT2D eigenvalue weighted by Gasteiger charge is -2.08. The van der Waals surface area contributed by atoms with Crippen molar-refractivity contribution in [1.29, 1.82) is 0 Å². The van der Waals surface area contributed by atoms with E-state index in [1.807, 2.05) is 24.3 Å². The first-order valence-electron chi connectivity index (χ1n) is 11.9. The lowest BCUT2D eigenvalue weighted by molar-refractivity contribution is -0.135. The number of benzene rings is 3. The minimum atomic E-state index is -0.499. The van der Waals surface area contributed by atoms with Gasteiger partial charge in [-0.1, -0.05) is 98.5 Å². The van der Waals surface area contributed by atoms with Crippen LogP contribution in [-0.4, -0.2) is 12.1 Å². The number of carbonyl (C=O) groups excluding carboxylic acids is 1. The summed E-state index contributed by atoms with van der Waals surface area (Å²) >= 11 is 0. The van der Waals surface area contributed by atoms with Crippen molar-refractivity contribution in [2.24, 2.45) is 0 Å². The molecule has 2 atom stereocenters. The van der Waals surface area contributed by atoms with Crippen LogP contribution in [0.2, 0.25) is 0 Å². The van der Waals surface area contributed by atoms with E-state index in [1.165, 1.54) is 56.1 Å². The van der Waals surface area contributed by atoms with Crippen molar-refractivity contribution in [1.82, 2.24) is 0 Å². The van der Waals surface area contributed by atoms with E-state index in [4.69, 9.17) is 9.47 Å². The Bertz CT molecular complexity index is 968. The molecule has 0 spiro atoms. The van der Waals surface area contributed by atoms with Gasteiger partial charge in [0, 0.05) is 0 Å². The van der Waals surface area contributed by atoms with Gasteiger partial charge in [-0.2, -0.15) is 0 Å². The zero-order valence-corrected chi connectivity index (χ0v) is 18.6. The number of hydrogen-bond acceptors (Lipinski definition) is 3. The van der Waals surface area contributed by atoms with Crippen molar-refractivity contribution in [3.63, 3.8) is 0 Å². The van der Waals surface area contributed by atoms with E-state index in [9.17, 15) is 4.79 Å². The maximum atomic E-state index is 12.4. The van der Waals surface area contributed by atoms with Gasteiger partial charge in [0.2, 0.25) is 0 Å². The van der Waals surface area contributed by atoms with Crippen LogP contribution in [0.5, 0.6) is 5.75 Å². The number of carbonyl (C=O) groups is 1. The molecule has 3 heteroatoms. The van der Waals surface area contributed by atoms with Gasteiger partial charge in [0.15, 0.2) is 6.10 Å². The predicted molar refractivity (Wildman–Crippen MR) is 128 cm³/mol. The van der Waals surface area contributed by atoms with Crippen molar-refractivity contribution in [2.75, 3.05) is 0 Å². The molecule has 0 radical (unpaired) electrons. The summed E-state index contributed by atoms with van der Waals surface area (Å²) in [5, 5.41) is 0. The van der Waals surface area contributed by atoms with E-state index in [-0.39, 0.29) is 12.1 Å². The highest BCUT2D eigenvalue weighted by Gasteiger charge is 2.48. The zero-order valence-electron chi connectivity index (χ0n) is 18.6. The quantitative estimate of drug-likeness (QED) is 0.137. The third-order valence-electron chi connectivity index (χ3n) is 6.05. The predicted octanol–water partition coefficient (Wildman–Crippen LogP) is 6.86. The van der Waals surface area contributed by atoms with Crippen LogP contribution in [0.4, 0.5) is 0 Å². The molecule has 0 bridgehead atoms. The topological polar surface area (TPSA) is 38.8 Å². The van der Waals surface area contributed by atoms with Crippen LogP contribution < -0.4 is 4.74 Å². The number of unbranched alkanes of at least 4 members (excludes halogenated alkanes) is 5. The summed E-state index contributed by atoms with van der Waals surface area (Å²) in [6.07, 6.45) is 9.09. The van der Waals surface area contributed by atoms with Gasteiger partial charge in [-0.05, 0) is 54.5 Å². The first-order chi connectivity index (χ1) is 15.8. The second-order valence-electron chi connectivity index (χ2n) is 8.52. The van der Waals surface area contributed by atoms with E-state index in [0.717, 1.165) is 12.0 Å². The van der Waals surface area contributed by atoms with Gasteiger partial charge in [-0.15, -0.1) is 0 Å². The summed E-state index contributed by atoms with van der Waals surface area (Å²) < 4.78 is 11.2. The summed E-state index contributed by atoms with van der Waals surface area (Å²) in [5.74, 6) is 0.246. The summed E-state index contributed by atoms with van der Waals surface area (Å²) in [6, 6.07) is 28.3. The third kappa shape index (κ3) is 6.54. The van der Waals surface area contributed by atoms with Gasteiger partial charge < -0.3 is 9.47 Å². The highest BCUT2D eigenvalue weighted by molar-refractivity contribution is 5.80. The third-order valence-corrected chi connectivity index (χ3v) is 6.05. The van der Waals surface area contributed by atoms with E-state index in [2.05, 4.69) is 48.5 Å². The molecule has 3 nitrogen and oxygen atoms in total. The molecule has 1 aliphatic heterocycles. The molecule has 1 aliphatic rings. The van der Waals surface area contributed by atoms with Crippen LogP contribution in [0.25, 0.3) is 0 Å². The minimum Gasteiger partial charge on any atom is -0.425 e. The molecule has 0 saturated carbocycles. The fourth-order valence-corrected chi connectivity index (χ4v) is 4.23. The lowest BCUT2D eigenvalue weighted by atomic mass is 9.97. The molecule has 1 fully saturated rings. The van der Waals surface area contributed by atoms with Crippen LogP contribution in [0.15, 0.2) is 84.9 Å². The standard InChI is InChI=1S/C29H32O3/c30-29(31-25-20-11-6-12-21-25)28-27(32-28)26-22-14-13-19-24(26)18-10-4-2-1-3-7-15-23-16-8-5-9-17-23/h5-6,8-9,11-14,16-17,19-22,27-28H,1-4,7,10,15,18H2/t27-,28-/m1/s1. The Morgan fingerprint density at radius 3 is 2.03 bits per heavy atom. The Balaban J connectivity index is 1.15. The summed E-state index contributed by atoms with van der Waals surface area (Å²) in [5.41, 5.74) is 3.86. The molecule has 0 aliphatic carbocycles. The van der Waals surface area contributed by atoms with Crippen molar-refractivity contribution in [3.05, 3.63) is 102 Å². The molecule has 4 rings (SSSR count). The average molecular weight is 429 g/mol. The number of esters is 1. The Hall–Kier alpha value is -2.91. The molecule has 3 aromatic carbocycles. The van der Waals surface area contributed by atoms with E-state index in [1.54, 1.807) is 12.1 Å². The Kier molecular flexibility index (Phi) is 8.11. The van der Waals surface area contributed by atoms with Gasteiger partial charge in [0.1, 0.15) is 11.9 Å².